The highest BCUT2D eigenvalue weighted by atomic mass is 19.1. The zero-order valence-electron chi connectivity index (χ0n) is 10.2. The van der Waals surface area contributed by atoms with Gasteiger partial charge in [-0.15, -0.1) is 0 Å². The number of hydrogen-bond acceptors (Lipinski definition) is 1. The van der Waals surface area contributed by atoms with Crippen LogP contribution < -0.4 is 0 Å². The molecule has 1 aliphatic rings. The summed E-state index contributed by atoms with van der Waals surface area (Å²) in [7, 11) is 0. The van der Waals surface area contributed by atoms with Crippen molar-refractivity contribution in [3.8, 4) is 5.69 Å². The van der Waals surface area contributed by atoms with Crippen LogP contribution in [0.2, 0.25) is 0 Å². The molecule has 0 bridgehead atoms. The molecule has 3 rings (SSSR count). The second kappa shape index (κ2) is 4.09. The predicted octanol–water partition coefficient (Wildman–Crippen LogP) is 3.44. The summed E-state index contributed by atoms with van der Waals surface area (Å²) in [6.45, 7) is 1.75. The molecule has 1 aromatic heterocycles. The van der Waals surface area contributed by atoms with E-state index in [1.165, 1.54) is 6.07 Å². The topological polar surface area (TPSA) is 22.0 Å². The van der Waals surface area contributed by atoms with E-state index in [2.05, 4.69) is 0 Å². The van der Waals surface area contributed by atoms with Crippen LogP contribution in [0.15, 0.2) is 30.5 Å². The van der Waals surface area contributed by atoms with Gasteiger partial charge in [-0.1, -0.05) is 0 Å². The summed E-state index contributed by atoms with van der Waals surface area (Å²) in [5, 5.41) is 0. The van der Waals surface area contributed by atoms with Gasteiger partial charge in [0.15, 0.2) is 5.78 Å². The van der Waals surface area contributed by atoms with E-state index in [0.717, 1.165) is 29.8 Å². The van der Waals surface area contributed by atoms with Crippen LogP contribution in [0.1, 0.15) is 34.5 Å². The van der Waals surface area contributed by atoms with Crippen molar-refractivity contribution in [3.05, 3.63) is 53.1 Å². The van der Waals surface area contributed by atoms with E-state index in [0.29, 0.717) is 12.0 Å². The van der Waals surface area contributed by atoms with Crippen molar-refractivity contribution in [3.63, 3.8) is 0 Å². The average Bonchev–Trinajstić information content (AvgIpc) is 2.78. The van der Waals surface area contributed by atoms with Crippen molar-refractivity contribution in [2.45, 2.75) is 26.2 Å². The highest BCUT2D eigenvalue weighted by Gasteiger charge is 2.21. The highest BCUT2D eigenvalue weighted by Crippen LogP contribution is 2.25. The first-order valence-electron chi connectivity index (χ1n) is 6.17. The standard InChI is InChI=1S/C15H14FNO/c1-10-9-11(5-6-13(10)16)17-8-7-12-14(17)3-2-4-15(12)18/h5-9H,2-4H2,1H3. The van der Waals surface area contributed by atoms with Gasteiger partial charge >= 0.3 is 0 Å². The lowest BCUT2D eigenvalue weighted by atomic mass is 9.96. The first-order valence-corrected chi connectivity index (χ1v) is 6.17. The minimum atomic E-state index is -0.198. The van der Waals surface area contributed by atoms with Crippen LogP contribution >= 0.6 is 0 Å². The zero-order valence-corrected chi connectivity index (χ0v) is 10.2. The summed E-state index contributed by atoms with van der Waals surface area (Å²) in [6.07, 6.45) is 4.35. The number of hydrogen-bond donors (Lipinski definition) is 0. The van der Waals surface area contributed by atoms with E-state index < -0.39 is 0 Å². The van der Waals surface area contributed by atoms with Crippen LogP contribution in [0.3, 0.4) is 0 Å². The summed E-state index contributed by atoms with van der Waals surface area (Å²) in [6, 6.07) is 6.91. The molecule has 0 spiro atoms. The van der Waals surface area contributed by atoms with Gasteiger partial charge in [0.1, 0.15) is 5.82 Å². The van der Waals surface area contributed by atoms with Gasteiger partial charge in [-0.2, -0.15) is 0 Å². The van der Waals surface area contributed by atoms with Crippen molar-refractivity contribution >= 4 is 5.78 Å². The van der Waals surface area contributed by atoms with Gasteiger partial charge in [0, 0.05) is 29.6 Å². The number of benzene rings is 1. The van der Waals surface area contributed by atoms with Crippen LogP contribution in [-0.4, -0.2) is 10.4 Å². The number of aryl methyl sites for hydroxylation is 1. The second-order valence-electron chi connectivity index (χ2n) is 4.76. The molecular weight excluding hydrogens is 229 g/mol. The number of rotatable bonds is 1. The molecule has 0 atom stereocenters. The van der Waals surface area contributed by atoms with E-state index >= 15 is 0 Å². The number of carbonyl (C=O) groups is 1. The monoisotopic (exact) mass is 243 g/mol. The third-order valence-electron chi connectivity index (χ3n) is 3.53. The average molecular weight is 243 g/mol. The van der Waals surface area contributed by atoms with E-state index in [1.807, 2.05) is 22.9 Å². The molecule has 0 fully saturated rings. The van der Waals surface area contributed by atoms with Gasteiger partial charge in [-0.3, -0.25) is 4.79 Å². The minimum absolute atomic E-state index is 0.198. The number of ketones is 1. The Morgan fingerprint density at radius 1 is 1.22 bits per heavy atom. The van der Waals surface area contributed by atoms with Gasteiger partial charge < -0.3 is 4.57 Å². The van der Waals surface area contributed by atoms with Gasteiger partial charge in [0.25, 0.3) is 0 Å². The molecular formula is C15H14FNO. The Balaban J connectivity index is 2.12. The molecule has 2 aromatic rings. The van der Waals surface area contributed by atoms with Crippen molar-refractivity contribution in [1.82, 2.24) is 4.57 Å². The fraction of sp³-hybridized carbons (Fsp3) is 0.267. The lowest BCUT2D eigenvalue weighted by Crippen LogP contribution is -2.12. The van der Waals surface area contributed by atoms with E-state index in [9.17, 15) is 9.18 Å². The number of fused-ring (bicyclic) bond motifs is 1. The molecule has 92 valence electrons. The maximum absolute atomic E-state index is 13.3. The first kappa shape index (κ1) is 11.2. The molecule has 0 saturated carbocycles. The molecule has 0 aliphatic heterocycles. The maximum Gasteiger partial charge on any atom is 0.164 e. The van der Waals surface area contributed by atoms with Crippen LogP contribution in [0.4, 0.5) is 4.39 Å². The zero-order chi connectivity index (χ0) is 12.7. The quantitative estimate of drug-likeness (QED) is 0.752. The third-order valence-corrected chi connectivity index (χ3v) is 3.53. The smallest absolute Gasteiger partial charge is 0.164 e. The van der Waals surface area contributed by atoms with Gasteiger partial charge in [-0.05, 0) is 49.6 Å². The fourth-order valence-corrected chi connectivity index (χ4v) is 2.55. The molecule has 2 nitrogen and oxygen atoms in total. The second-order valence-corrected chi connectivity index (χ2v) is 4.76. The number of nitrogens with zero attached hydrogens (tertiary/aromatic N) is 1. The highest BCUT2D eigenvalue weighted by molar-refractivity contribution is 5.98. The van der Waals surface area contributed by atoms with Crippen LogP contribution in [0.25, 0.3) is 5.69 Å². The number of Topliss-reactive ketones (excluding diaryl/α,β-unsaturated/α-hetero) is 1. The van der Waals surface area contributed by atoms with Crippen LogP contribution in [0.5, 0.6) is 0 Å². The van der Waals surface area contributed by atoms with Gasteiger partial charge in [0.2, 0.25) is 0 Å². The van der Waals surface area contributed by atoms with Gasteiger partial charge in [-0.25, -0.2) is 4.39 Å². The van der Waals surface area contributed by atoms with E-state index in [-0.39, 0.29) is 11.6 Å². The number of carbonyl (C=O) groups excluding carboxylic acids is 1. The molecule has 1 aliphatic carbocycles. The fourth-order valence-electron chi connectivity index (χ4n) is 2.55. The molecule has 1 aromatic carbocycles. The minimum Gasteiger partial charge on any atom is -0.320 e. The van der Waals surface area contributed by atoms with E-state index in [1.54, 1.807) is 13.0 Å². The number of aromatic nitrogens is 1. The lowest BCUT2D eigenvalue weighted by molar-refractivity contribution is 0.0972. The van der Waals surface area contributed by atoms with Crippen molar-refractivity contribution < 1.29 is 9.18 Å². The Labute approximate surface area is 105 Å². The summed E-state index contributed by atoms with van der Waals surface area (Å²) in [5.74, 6) is 0.0182. The van der Waals surface area contributed by atoms with Gasteiger partial charge in [0.05, 0.1) is 0 Å². The summed E-state index contributed by atoms with van der Waals surface area (Å²) in [5.41, 5.74) is 3.42. The molecule has 0 amide bonds. The Morgan fingerprint density at radius 3 is 2.83 bits per heavy atom. The van der Waals surface area contributed by atoms with Crippen molar-refractivity contribution in [1.29, 1.82) is 0 Å². The van der Waals surface area contributed by atoms with Crippen molar-refractivity contribution in [2.24, 2.45) is 0 Å². The summed E-state index contributed by atoms with van der Waals surface area (Å²) >= 11 is 0. The molecule has 0 N–H and O–H groups in total. The largest absolute Gasteiger partial charge is 0.320 e. The molecule has 0 unspecified atom stereocenters. The molecule has 1 heterocycles. The Kier molecular flexibility index (Phi) is 2.54. The molecule has 0 saturated heterocycles. The Bertz CT molecular complexity index is 627. The summed E-state index contributed by atoms with van der Waals surface area (Å²) in [4.78, 5) is 11.8. The van der Waals surface area contributed by atoms with Crippen LogP contribution in [0, 0.1) is 12.7 Å². The van der Waals surface area contributed by atoms with E-state index in [4.69, 9.17) is 0 Å². The molecule has 0 radical (unpaired) electrons. The normalized spacial score (nSPS) is 14.7. The third kappa shape index (κ3) is 1.67. The molecule has 3 heteroatoms. The SMILES string of the molecule is Cc1cc(-n2ccc3c2CCCC3=O)ccc1F. The predicted molar refractivity (Wildman–Crippen MR) is 67.7 cm³/mol. The Morgan fingerprint density at radius 2 is 2.06 bits per heavy atom. The Hall–Kier alpha value is -1.90. The maximum atomic E-state index is 13.3. The lowest BCUT2D eigenvalue weighted by Gasteiger charge is -2.15. The number of halogens is 1. The summed E-state index contributed by atoms with van der Waals surface area (Å²) < 4.78 is 15.3. The first-order chi connectivity index (χ1) is 8.66. The molecule has 18 heavy (non-hydrogen) atoms. The van der Waals surface area contributed by atoms with Crippen LogP contribution in [-0.2, 0) is 6.42 Å². The van der Waals surface area contributed by atoms with Crippen molar-refractivity contribution in [2.75, 3.05) is 0 Å².